The van der Waals surface area contributed by atoms with Crippen LogP contribution in [-0.2, 0) is 6.42 Å². The third-order valence-electron chi connectivity index (χ3n) is 14.0. The van der Waals surface area contributed by atoms with E-state index in [0.717, 1.165) is 0 Å². The summed E-state index contributed by atoms with van der Waals surface area (Å²) in [5.74, 6) is -2.57. The Bertz CT molecular complexity index is 6300. The highest BCUT2D eigenvalue weighted by Crippen LogP contribution is 2.51. The molecule has 0 saturated carbocycles. The molecule has 8 heteroatoms. The molecule has 5 aromatic heterocycles. The van der Waals surface area contributed by atoms with Crippen molar-refractivity contribution in [2.75, 3.05) is 0 Å². The maximum Gasteiger partial charge on any atom is 0.168 e. The summed E-state index contributed by atoms with van der Waals surface area (Å²) in [7, 11) is 0. The van der Waals surface area contributed by atoms with Crippen LogP contribution >= 0.6 is 0 Å². The van der Waals surface area contributed by atoms with E-state index in [1.165, 1.54) is 109 Å². The summed E-state index contributed by atoms with van der Waals surface area (Å²) in [5, 5.41) is 12.9. The van der Waals surface area contributed by atoms with Crippen LogP contribution in [0.1, 0.15) is 58.9 Å². The second-order valence-electron chi connectivity index (χ2n) is 18.0. The molecular weight excluding hydrogens is 953 g/mol. The molecule has 1 aliphatic rings. The number of nitrogens with zero attached hydrogens (tertiary/aromatic N) is 8. The zero-order chi connectivity index (χ0) is 74.1. The molecule has 78 heavy (non-hydrogen) atoms. The molecule has 0 amide bonds. The molecule has 10 aromatic carbocycles. The van der Waals surface area contributed by atoms with Crippen LogP contribution in [0.5, 0.6) is 0 Å². The van der Waals surface area contributed by atoms with Gasteiger partial charge in [0.1, 0.15) is 11.6 Å². The van der Waals surface area contributed by atoms with Gasteiger partial charge in [-0.15, -0.1) is 0 Å². The molecule has 364 valence electrons. The van der Waals surface area contributed by atoms with Crippen molar-refractivity contribution in [3.63, 3.8) is 0 Å². The van der Waals surface area contributed by atoms with Crippen molar-refractivity contribution in [3.05, 3.63) is 253 Å². The van der Waals surface area contributed by atoms with Gasteiger partial charge in [-0.1, -0.05) is 200 Å². The highest BCUT2D eigenvalue weighted by molar-refractivity contribution is 6.15. The van der Waals surface area contributed by atoms with Gasteiger partial charge in [0.05, 0.1) is 101 Å². The fraction of sp³-hybridized carbons (Fsp3) is 0.0286. The molecule has 0 N–H and O–H groups in total. The number of allylic oxidation sites excluding steroid dienone is 1. The summed E-state index contributed by atoms with van der Waals surface area (Å²) in [5.41, 5.74) is -5.73. The number of aromatic nitrogens is 7. The second kappa shape index (κ2) is 17.2. The van der Waals surface area contributed by atoms with E-state index >= 15 is 0 Å². The van der Waals surface area contributed by atoms with Crippen molar-refractivity contribution in [1.29, 1.82) is 5.26 Å². The van der Waals surface area contributed by atoms with Crippen molar-refractivity contribution < 1.29 is 35.6 Å². The number of hydrogen-bond donors (Lipinski definition) is 0. The average Bonchev–Trinajstić information content (AvgIpc) is 1.46. The Kier molecular flexibility index (Phi) is 5.58. The first kappa shape index (κ1) is 25.3. The lowest BCUT2D eigenvalue weighted by atomic mass is 9.96. The van der Waals surface area contributed by atoms with Crippen LogP contribution in [0.4, 0.5) is 0 Å². The van der Waals surface area contributed by atoms with E-state index in [9.17, 15) is 32.7 Å². The molecule has 16 rings (SSSR count). The standard InChI is InChI=1S/C70H44N8/c71-43-54-64(75-55-35-15-7-27-46(55)47-28-8-16-36-56(47)75)63(70-73-68(44-23-3-1-4-24-44)72-69(74-70)45-25-5-2-6-26-45)66(77-59-39-19-11-31-50(59)51-32-12-20-40-60(51)77)67(78-61-41-21-13-33-52(61)53-34-14-22-42-62(53)78)65(54)76-57-37-17-9-29-48(57)49-30-10-18-38-58(49)76/h1-19,21-39,41-42H,20,40H2/i1D,2D,3D,4D,5D,6D,15D,16D,17D,18D,19D,20D,21D,22D,23D,24D,25D,26D,27D,28D,29D,30D,31D,32D,33D,34D. The lowest BCUT2D eigenvalue weighted by molar-refractivity contribution is 0.879. The van der Waals surface area contributed by atoms with Crippen LogP contribution in [0.25, 0.3) is 139 Å². The van der Waals surface area contributed by atoms with Gasteiger partial charge in [-0.05, 0) is 55.3 Å². The van der Waals surface area contributed by atoms with E-state index in [1.807, 2.05) is 0 Å². The van der Waals surface area contributed by atoms with Crippen LogP contribution in [0.15, 0.2) is 236 Å². The maximum atomic E-state index is 13.2. The van der Waals surface area contributed by atoms with E-state index in [-0.39, 0.29) is 178 Å². The minimum Gasteiger partial charge on any atom is -0.310 e. The summed E-state index contributed by atoms with van der Waals surface area (Å²) >= 11 is 0. The molecule has 0 saturated heterocycles. The quantitative estimate of drug-likeness (QED) is 0.159. The SMILES string of the molecule is [2H]C1=CC([2H])Cc2c1c1c([2H])cc([2H])cc1n2-c1c(-c2nc(-c3c([2H])c([2H])c([2H])c([2H])c3[2H])nc(-c3c([2H])c([2H])c([2H])c([2H])c3[2H])n2)c(-n2c3cc([2H])cc([2H])c3c3c([2H])cc([2H])cc32)c(C#N)c(-n2c3cc([2H])cc([2H])c3c3c([2H])cc([2H])cc32)c1-n1c2cc([2H])cc([2H])c2c2c([2H])cc([2H])cc21. The predicted octanol–water partition coefficient (Wildman–Crippen LogP) is 16.9. The first-order valence-corrected chi connectivity index (χ1v) is 24.2. The zero-order valence-electron chi connectivity index (χ0n) is 66.0. The van der Waals surface area contributed by atoms with Gasteiger partial charge in [-0.3, -0.25) is 0 Å². The van der Waals surface area contributed by atoms with Crippen molar-refractivity contribution in [3.8, 4) is 63.0 Å². The number of hydrogen-bond acceptors (Lipinski definition) is 4. The molecule has 1 unspecified atom stereocenters. The summed E-state index contributed by atoms with van der Waals surface area (Å²) in [6, 6.07) is 5.35. The van der Waals surface area contributed by atoms with Crippen LogP contribution in [0.3, 0.4) is 0 Å². The molecule has 0 radical (unpaired) electrons. The molecule has 0 bridgehead atoms. The average molecular weight is 1020 g/mol. The Morgan fingerprint density at radius 1 is 0.397 bits per heavy atom. The largest absolute Gasteiger partial charge is 0.310 e. The van der Waals surface area contributed by atoms with E-state index < -0.39 is 136 Å². The molecule has 0 fully saturated rings. The van der Waals surface area contributed by atoms with E-state index in [4.69, 9.17) is 18.2 Å². The fourth-order valence-electron chi connectivity index (χ4n) is 11.1. The van der Waals surface area contributed by atoms with E-state index in [2.05, 4.69) is 11.1 Å². The molecule has 15 aromatic rings. The van der Waals surface area contributed by atoms with Crippen molar-refractivity contribution >= 4 is 82.4 Å². The van der Waals surface area contributed by atoms with Gasteiger partial charge in [-0.25, -0.2) is 15.0 Å². The summed E-state index contributed by atoms with van der Waals surface area (Å²) in [6.45, 7) is 0. The molecule has 0 aliphatic heterocycles. The molecule has 1 atom stereocenters. The Labute approximate surface area is 484 Å². The van der Waals surface area contributed by atoms with Gasteiger partial charge in [0.25, 0.3) is 0 Å². The monoisotopic (exact) mass is 1020 g/mol. The van der Waals surface area contributed by atoms with Crippen molar-refractivity contribution in [1.82, 2.24) is 33.2 Å². The lowest BCUT2D eigenvalue weighted by Crippen LogP contribution is -2.18. The zero-order valence-corrected chi connectivity index (χ0v) is 40.0. The Hall–Kier alpha value is -10.6. The summed E-state index contributed by atoms with van der Waals surface area (Å²) < 4.78 is 251. The normalized spacial score (nSPS) is 18.2. The molecule has 5 heterocycles. The van der Waals surface area contributed by atoms with Crippen LogP contribution in [0, 0.1) is 11.3 Å². The smallest absolute Gasteiger partial charge is 0.168 e. The second-order valence-corrected chi connectivity index (χ2v) is 18.0. The predicted molar refractivity (Wildman–Crippen MR) is 318 cm³/mol. The molecular formula is C70H44N8. The fourth-order valence-corrected chi connectivity index (χ4v) is 11.1. The highest BCUT2D eigenvalue weighted by atomic mass is 15.1. The third-order valence-corrected chi connectivity index (χ3v) is 14.0. The van der Waals surface area contributed by atoms with Crippen LogP contribution in [0.2, 0.25) is 0 Å². The first-order valence-electron chi connectivity index (χ1n) is 37.3. The molecule has 8 nitrogen and oxygen atoms in total. The lowest BCUT2D eigenvalue weighted by Gasteiger charge is -2.29. The third kappa shape index (κ3) is 6.30. The minimum absolute atomic E-state index is 0.0151. The van der Waals surface area contributed by atoms with E-state index in [0.29, 0.717) is 0 Å². The van der Waals surface area contributed by atoms with Gasteiger partial charge in [-0.2, -0.15) is 5.26 Å². The van der Waals surface area contributed by atoms with Gasteiger partial charge >= 0.3 is 0 Å². The summed E-state index contributed by atoms with van der Waals surface area (Å²) in [6.07, 6.45) is -0.421. The van der Waals surface area contributed by atoms with Crippen LogP contribution < -0.4 is 0 Å². The number of benzene rings is 10. The van der Waals surface area contributed by atoms with Gasteiger partial charge in [0, 0.05) is 61.5 Å². The Morgan fingerprint density at radius 2 is 0.769 bits per heavy atom. The Balaban J connectivity index is 1.35. The highest BCUT2D eigenvalue weighted by Gasteiger charge is 2.37. The summed E-state index contributed by atoms with van der Waals surface area (Å²) in [4.78, 5) is 14.8. The van der Waals surface area contributed by atoms with Crippen molar-refractivity contribution in [2.45, 2.75) is 12.8 Å². The minimum atomic E-state index is -1.33. The van der Waals surface area contributed by atoms with E-state index in [1.54, 1.807) is 0 Å². The topological polar surface area (TPSA) is 82.2 Å². The number of fused-ring (bicyclic) bond motifs is 12. The molecule has 0 spiro atoms. The van der Waals surface area contributed by atoms with Gasteiger partial charge in [0.2, 0.25) is 0 Å². The maximum absolute atomic E-state index is 13.2. The van der Waals surface area contributed by atoms with Crippen LogP contribution in [-0.4, -0.2) is 33.2 Å². The van der Waals surface area contributed by atoms with Gasteiger partial charge < -0.3 is 18.3 Å². The number of rotatable bonds is 7. The molecule has 1 aliphatic carbocycles. The number of para-hydroxylation sites is 7. The van der Waals surface area contributed by atoms with Crippen molar-refractivity contribution in [2.24, 2.45) is 0 Å². The number of nitriles is 1. The Morgan fingerprint density at radius 3 is 1.19 bits per heavy atom. The first-order chi connectivity index (χ1) is 49.3. The van der Waals surface area contributed by atoms with Gasteiger partial charge in [0.15, 0.2) is 17.5 Å².